The third-order valence-corrected chi connectivity index (χ3v) is 4.19. The van der Waals surface area contributed by atoms with E-state index >= 15 is 0 Å². The number of primary amides is 1. The van der Waals surface area contributed by atoms with Gasteiger partial charge >= 0.3 is 0 Å². The van der Waals surface area contributed by atoms with Gasteiger partial charge in [-0.2, -0.15) is 0 Å². The average molecular weight is 337 g/mol. The number of hydrogen-bond donors (Lipinski definition) is 3. The summed E-state index contributed by atoms with van der Waals surface area (Å²) in [7, 11) is 0. The lowest BCUT2D eigenvalue weighted by molar-refractivity contribution is -0.118. The van der Waals surface area contributed by atoms with Gasteiger partial charge in [-0.3, -0.25) is 14.4 Å². The van der Waals surface area contributed by atoms with E-state index in [4.69, 9.17) is 5.73 Å². The smallest absolute Gasteiger partial charge is 0.251 e. The minimum Gasteiger partial charge on any atom is -0.368 e. The number of carbonyl (C=O) groups excluding carboxylic acids is 3. The van der Waals surface area contributed by atoms with Crippen molar-refractivity contribution in [1.82, 2.24) is 5.32 Å². The zero-order valence-corrected chi connectivity index (χ0v) is 13.6. The minimum atomic E-state index is -0.602. The molecule has 1 aliphatic carbocycles. The highest BCUT2D eigenvalue weighted by Crippen LogP contribution is 2.47. The Balaban J connectivity index is 1.54. The van der Waals surface area contributed by atoms with Gasteiger partial charge in [0.15, 0.2) is 0 Å². The molecule has 128 valence electrons. The standard InChI is InChI=1S/C19H19N3O3/c20-17(23)11-21-18(24)13-6-8-14(9-7-13)22-19(25)16-10-15(16)12-4-2-1-3-5-12/h1-9,15-16H,10-11H2,(H2,20,23)(H,21,24)(H,22,25). The number of nitrogens with one attached hydrogen (secondary N) is 2. The molecule has 0 bridgehead atoms. The Kier molecular flexibility index (Phi) is 4.79. The van der Waals surface area contributed by atoms with Crippen molar-refractivity contribution < 1.29 is 14.4 Å². The molecule has 4 N–H and O–H groups in total. The first-order chi connectivity index (χ1) is 12.0. The number of anilines is 1. The van der Waals surface area contributed by atoms with E-state index in [1.54, 1.807) is 24.3 Å². The Bertz CT molecular complexity index is 787. The molecular weight excluding hydrogens is 318 g/mol. The summed E-state index contributed by atoms with van der Waals surface area (Å²) in [5.74, 6) is -0.738. The topological polar surface area (TPSA) is 101 Å². The second-order valence-corrected chi connectivity index (χ2v) is 6.07. The first-order valence-electron chi connectivity index (χ1n) is 8.07. The Hall–Kier alpha value is -3.15. The van der Waals surface area contributed by atoms with Crippen molar-refractivity contribution in [3.63, 3.8) is 0 Å². The van der Waals surface area contributed by atoms with Gasteiger partial charge in [-0.25, -0.2) is 0 Å². The Labute approximate surface area is 145 Å². The molecule has 0 aliphatic heterocycles. The highest BCUT2D eigenvalue weighted by molar-refractivity contribution is 5.98. The fraction of sp³-hybridized carbons (Fsp3) is 0.211. The maximum absolute atomic E-state index is 12.3. The lowest BCUT2D eigenvalue weighted by Gasteiger charge is -2.07. The number of amides is 3. The summed E-state index contributed by atoms with van der Waals surface area (Å²) in [6, 6.07) is 16.5. The van der Waals surface area contributed by atoms with E-state index < -0.39 is 5.91 Å². The van der Waals surface area contributed by atoms with E-state index in [9.17, 15) is 14.4 Å². The van der Waals surface area contributed by atoms with E-state index in [1.165, 1.54) is 5.56 Å². The number of hydrogen-bond acceptors (Lipinski definition) is 3. The van der Waals surface area contributed by atoms with Crippen molar-refractivity contribution in [2.45, 2.75) is 12.3 Å². The lowest BCUT2D eigenvalue weighted by Crippen LogP contribution is -2.33. The predicted molar refractivity (Wildman–Crippen MR) is 93.9 cm³/mol. The van der Waals surface area contributed by atoms with Crippen LogP contribution < -0.4 is 16.4 Å². The molecule has 1 aliphatic rings. The summed E-state index contributed by atoms with van der Waals surface area (Å²) in [5.41, 5.74) is 7.20. The maximum atomic E-state index is 12.3. The maximum Gasteiger partial charge on any atom is 0.251 e. The molecule has 1 saturated carbocycles. The number of rotatable bonds is 6. The zero-order chi connectivity index (χ0) is 17.8. The second-order valence-electron chi connectivity index (χ2n) is 6.07. The second kappa shape index (κ2) is 7.17. The molecule has 3 amide bonds. The molecule has 2 aromatic rings. The van der Waals surface area contributed by atoms with Crippen LogP contribution in [0.5, 0.6) is 0 Å². The number of benzene rings is 2. The van der Waals surface area contributed by atoms with Gasteiger partial charge in [0.1, 0.15) is 0 Å². The van der Waals surface area contributed by atoms with Crippen molar-refractivity contribution in [1.29, 1.82) is 0 Å². The van der Waals surface area contributed by atoms with Crippen LogP contribution in [0.4, 0.5) is 5.69 Å². The fourth-order valence-electron chi connectivity index (χ4n) is 2.76. The summed E-state index contributed by atoms with van der Waals surface area (Å²) in [6.45, 7) is -0.208. The normalized spacial score (nSPS) is 18.2. The molecule has 0 spiro atoms. The molecule has 0 heterocycles. The summed E-state index contributed by atoms with van der Waals surface area (Å²) in [6.07, 6.45) is 0.851. The van der Waals surface area contributed by atoms with Gasteiger partial charge in [0, 0.05) is 17.2 Å². The first-order valence-corrected chi connectivity index (χ1v) is 8.07. The molecule has 0 saturated heterocycles. The van der Waals surface area contributed by atoms with Crippen LogP contribution in [0.25, 0.3) is 0 Å². The van der Waals surface area contributed by atoms with Crippen LogP contribution in [-0.4, -0.2) is 24.3 Å². The highest BCUT2D eigenvalue weighted by Gasteiger charge is 2.43. The largest absolute Gasteiger partial charge is 0.368 e. The minimum absolute atomic E-state index is 0.0130. The van der Waals surface area contributed by atoms with Crippen molar-refractivity contribution >= 4 is 23.4 Å². The van der Waals surface area contributed by atoms with Gasteiger partial charge in [-0.15, -0.1) is 0 Å². The molecular formula is C19H19N3O3. The van der Waals surface area contributed by atoms with E-state index in [2.05, 4.69) is 10.6 Å². The van der Waals surface area contributed by atoms with Crippen LogP contribution in [0.1, 0.15) is 28.3 Å². The molecule has 2 atom stereocenters. The van der Waals surface area contributed by atoms with E-state index in [1.807, 2.05) is 30.3 Å². The summed E-state index contributed by atoms with van der Waals surface area (Å²) in [4.78, 5) is 34.8. The van der Waals surface area contributed by atoms with Gasteiger partial charge < -0.3 is 16.4 Å². The van der Waals surface area contributed by atoms with Gasteiger partial charge in [-0.1, -0.05) is 30.3 Å². The van der Waals surface area contributed by atoms with E-state index in [0.29, 0.717) is 11.3 Å². The molecule has 25 heavy (non-hydrogen) atoms. The van der Waals surface area contributed by atoms with Crippen LogP contribution in [0.2, 0.25) is 0 Å². The van der Waals surface area contributed by atoms with E-state index in [0.717, 1.165) is 6.42 Å². The van der Waals surface area contributed by atoms with Crippen LogP contribution in [0, 0.1) is 5.92 Å². The molecule has 6 nitrogen and oxygen atoms in total. The highest BCUT2D eigenvalue weighted by atomic mass is 16.2. The molecule has 2 aromatic carbocycles. The van der Waals surface area contributed by atoms with Crippen molar-refractivity contribution in [3.8, 4) is 0 Å². The van der Waals surface area contributed by atoms with Crippen LogP contribution in [0.15, 0.2) is 54.6 Å². The molecule has 6 heteroatoms. The van der Waals surface area contributed by atoms with Gasteiger partial charge in [-0.05, 0) is 42.2 Å². The average Bonchev–Trinajstić information content (AvgIpc) is 3.42. The zero-order valence-electron chi connectivity index (χ0n) is 13.6. The molecule has 1 fully saturated rings. The van der Waals surface area contributed by atoms with Gasteiger partial charge in [0.05, 0.1) is 6.54 Å². The third kappa shape index (κ3) is 4.23. The summed E-state index contributed by atoms with van der Waals surface area (Å²) in [5, 5.41) is 5.29. The van der Waals surface area contributed by atoms with Crippen molar-refractivity contribution in [2.75, 3.05) is 11.9 Å². The quantitative estimate of drug-likeness (QED) is 0.747. The Morgan fingerprint density at radius 2 is 1.68 bits per heavy atom. The number of carbonyl (C=O) groups is 3. The number of nitrogens with two attached hydrogens (primary N) is 1. The molecule has 0 aromatic heterocycles. The summed E-state index contributed by atoms with van der Waals surface area (Å²) >= 11 is 0. The van der Waals surface area contributed by atoms with E-state index in [-0.39, 0.29) is 30.2 Å². The SMILES string of the molecule is NC(=O)CNC(=O)c1ccc(NC(=O)C2CC2c2ccccc2)cc1. The monoisotopic (exact) mass is 337 g/mol. The van der Waals surface area contributed by atoms with Crippen LogP contribution >= 0.6 is 0 Å². The first kappa shape index (κ1) is 16.7. The van der Waals surface area contributed by atoms with Gasteiger partial charge in [0.2, 0.25) is 11.8 Å². The van der Waals surface area contributed by atoms with Gasteiger partial charge in [0.25, 0.3) is 5.91 Å². The fourth-order valence-corrected chi connectivity index (χ4v) is 2.76. The van der Waals surface area contributed by atoms with Crippen LogP contribution in [0.3, 0.4) is 0 Å². The Morgan fingerprint density at radius 1 is 1.00 bits per heavy atom. The lowest BCUT2D eigenvalue weighted by atomic mass is 10.1. The molecule has 3 rings (SSSR count). The molecule has 2 unspecified atom stereocenters. The van der Waals surface area contributed by atoms with Crippen molar-refractivity contribution in [3.05, 3.63) is 65.7 Å². The molecule has 0 radical (unpaired) electrons. The predicted octanol–water partition coefficient (Wildman–Crippen LogP) is 1.64. The van der Waals surface area contributed by atoms with Crippen molar-refractivity contribution in [2.24, 2.45) is 11.7 Å². The third-order valence-electron chi connectivity index (χ3n) is 4.19. The van der Waals surface area contributed by atoms with Crippen LogP contribution in [-0.2, 0) is 9.59 Å². The Morgan fingerprint density at radius 3 is 2.32 bits per heavy atom. The summed E-state index contributed by atoms with van der Waals surface area (Å²) < 4.78 is 0.